The Morgan fingerprint density at radius 1 is 1.50 bits per heavy atom. The largest absolute Gasteiger partial charge is 0.399 e. The highest BCUT2D eigenvalue weighted by atomic mass is 16.3. The zero-order chi connectivity index (χ0) is 10.7. The lowest BCUT2D eigenvalue weighted by Crippen LogP contribution is -2.04. The van der Waals surface area contributed by atoms with Gasteiger partial charge in [-0.1, -0.05) is 6.92 Å². The van der Waals surface area contributed by atoms with E-state index in [1.54, 1.807) is 13.0 Å². The van der Waals surface area contributed by atoms with Crippen molar-refractivity contribution in [1.82, 2.24) is 0 Å². The van der Waals surface area contributed by atoms with E-state index in [1.807, 2.05) is 0 Å². The summed E-state index contributed by atoms with van der Waals surface area (Å²) in [7, 11) is 0. The van der Waals surface area contributed by atoms with Gasteiger partial charge in [-0.05, 0) is 22.9 Å². The molecule has 1 aromatic carbocycles. The minimum Gasteiger partial charge on any atom is -0.399 e. The number of rotatable bonds is 3. The smallest absolute Gasteiger partial charge is 0.133 e. The first-order valence-electron chi connectivity index (χ1n) is 4.23. The predicted octanol–water partition coefficient (Wildman–Crippen LogP) is 1.34. The highest BCUT2D eigenvalue weighted by Crippen LogP contribution is 2.33. The fraction of sp³-hybridized carbons (Fsp3) is 0.333. The second-order valence-corrected chi connectivity index (χ2v) is 3.22. The topological polar surface area (TPSA) is 102 Å². The van der Waals surface area contributed by atoms with E-state index in [0.717, 1.165) is 0 Å². The van der Waals surface area contributed by atoms with Crippen molar-refractivity contribution >= 4 is 17.1 Å². The van der Waals surface area contributed by atoms with Crippen molar-refractivity contribution in [3.05, 3.63) is 22.6 Å². The number of hydrogen-bond donors (Lipinski definition) is 3. The maximum atomic E-state index is 10.4. The molecule has 1 atom stereocenters. The minimum atomic E-state index is -0.154. The number of nitrogen functional groups attached to an aromatic ring is 2. The first-order chi connectivity index (χ1) is 6.60. The maximum absolute atomic E-state index is 10.4. The third-order valence-corrected chi connectivity index (χ3v) is 2.12. The van der Waals surface area contributed by atoms with Crippen molar-refractivity contribution in [3.8, 4) is 0 Å². The molecule has 1 unspecified atom stereocenters. The van der Waals surface area contributed by atoms with Crippen molar-refractivity contribution in [2.75, 3.05) is 18.1 Å². The van der Waals surface area contributed by atoms with Gasteiger partial charge in [-0.15, -0.1) is 4.91 Å². The van der Waals surface area contributed by atoms with E-state index in [4.69, 9.17) is 16.6 Å². The molecule has 0 spiro atoms. The van der Waals surface area contributed by atoms with Crippen LogP contribution in [0.15, 0.2) is 17.3 Å². The van der Waals surface area contributed by atoms with Gasteiger partial charge in [0.15, 0.2) is 0 Å². The Morgan fingerprint density at radius 3 is 2.64 bits per heavy atom. The molecule has 0 fully saturated rings. The van der Waals surface area contributed by atoms with Crippen LogP contribution >= 0.6 is 0 Å². The Kier molecular flexibility index (Phi) is 3.03. The van der Waals surface area contributed by atoms with Gasteiger partial charge >= 0.3 is 0 Å². The highest BCUT2D eigenvalue weighted by Gasteiger charge is 2.12. The van der Waals surface area contributed by atoms with E-state index in [2.05, 4.69) is 5.18 Å². The van der Waals surface area contributed by atoms with Crippen molar-refractivity contribution in [3.63, 3.8) is 0 Å². The molecule has 1 aromatic rings. The average molecular weight is 195 g/mol. The first kappa shape index (κ1) is 10.5. The molecule has 5 heteroatoms. The Hall–Kier alpha value is -1.62. The number of benzene rings is 1. The summed E-state index contributed by atoms with van der Waals surface area (Å²) in [5.41, 5.74) is 12.7. The highest BCUT2D eigenvalue weighted by molar-refractivity contribution is 5.72. The molecule has 5 nitrogen and oxygen atoms in total. The second kappa shape index (κ2) is 4.06. The number of anilines is 2. The van der Waals surface area contributed by atoms with Crippen LogP contribution in [0.1, 0.15) is 18.4 Å². The van der Waals surface area contributed by atoms with Gasteiger partial charge in [0, 0.05) is 18.2 Å². The lowest BCUT2D eigenvalue weighted by molar-refractivity contribution is 0.273. The molecule has 0 radical (unpaired) electrons. The molecule has 76 valence electrons. The van der Waals surface area contributed by atoms with Crippen molar-refractivity contribution in [1.29, 1.82) is 0 Å². The van der Waals surface area contributed by atoms with Gasteiger partial charge in [-0.3, -0.25) is 0 Å². The normalized spacial score (nSPS) is 12.4. The summed E-state index contributed by atoms with van der Waals surface area (Å²) in [6, 6.07) is 3.06. The summed E-state index contributed by atoms with van der Waals surface area (Å²) < 4.78 is 0. The molecule has 0 bridgehead atoms. The molecule has 0 saturated carbocycles. The molecule has 0 aromatic heterocycles. The molecule has 0 aliphatic heterocycles. The number of aliphatic hydroxyl groups is 1. The van der Waals surface area contributed by atoms with Gasteiger partial charge in [-0.25, -0.2) is 0 Å². The van der Waals surface area contributed by atoms with Gasteiger partial charge in [0.2, 0.25) is 0 Å². The fourth-order valence-corrected chi connectivity index (χ4v) is 1.26. The minimum absolute atomic E-state index is 0.0497. The molecule has 0 amide bonds. The summed E-state index contributed by atoms with van der Waals surface area (Å²) in [6.07, 6.45) is 0. The maximum Gasteiger partial charge on any atom is 0.133 e. The predicted molar refractivity (Wildman–Crippen MR) is 56.2 cm³/mol. The number of nitrogens with two attached hydrogens (primary N) is 2. The lowest BCUT2D eigenvalue weighted by Gasteiger charge is -2.13. The zero-order valence-electron chi connectivity index (χ0n) is 7.90. The standard InChI is InChI=1S/C9H13N3O2/c1-5(4-13)7-2-6(10)3-8(12-14)9(7)11/h2-3,5,13H,4,10-11H2,1H3. The average Bonchev–Trinajstić information content (AvgIpc) is 2.19. The van der Waals surface area contributed by atoms with Crippen molar-refractivity contribution in [2.24, 2.45) is 5.18 Å². The van der Waals surface area contributed by atoms with Gasteiger partial charge in [0.1, 0.15) is 5.69 Å². The van der Waals surface area contributed by atoms with E-state index < -0.39 is 0 Å². The van der Waals surface area contributed by atoms with Crippen LogP contribution < -0.4 is 11.5 Å². The van der Waals surface area contributed by atoms with Crippen LogP contribution in [0.2, 0.25) is 0 Å². The van der Waals surface area contributed by atoms with Gasteiger partial charge in [0.05, 0.1) is 5.69 Å². The van der Waals surface area contributed by atoms with Crippen LogP contribution in [0.4, 0.5) is 17.1 Å². The molecule has 14 heavy (non-hydrogen) atoms. The summed E-state index contributed by atoms with van der Waals surface area (Å²) in [5, 5.41) is 11.7. The monoisotopic (exact) mass is 195 g/mol. The Labute approximate surface area is 81.7 Å². The van der Waals surface area contributed by atoms with Gasteiger partial charge in [-0.2, -0.15) is 0 Å². The fourth-order valence-electron chi connectivity index (χ4n) is 1.26. The lowest BCUT2D eigenvalue weighted by atomic mass is 9.98. The first-order valence-corrected chi connectivity index (χ1v) is 4.23. The van der Waals surface area contributed by atoms with Gasteiger partial charge < -0.3 is 16.6 Å². The Balaban J connectivity index is 3.28. The molecule has 1 rings (SSSR count). The third kappa shape index (κ3) is 1.82. The molecule has 0 aliphatic carbocycles. The number of aliphatic hydroxyl groups excluding tert-OH is 1. The quantitative estimate of drug-likeness (QED) is 0.500. The van der Waals surface area contributed by atoms with E-state index in [0.29, 0.717) is 11.3 Å². The molecule has 0 heterocycles. The molecule has 5 N–H and O–H groups in total. The summed E-state index contributed by atoms with van der Waals surface area (Å²) in [4.78, 5) is 10.4. The zero-order valence-corrected chi connectivity index (χ0v) is 7.90. The molecular formula is C9H13N3O2. The number of nitrogens with zero attached hydrogens (tertiary/aromatic N) is 1. The van der Waals surface area contributed by atoms with Crippen LogP contribution in [-0.2, 0) is 0 Å². The Bertz CT molecular complexity index is 352. The van der Waals surface area contributed by atoms with Crippen molar-refractivity contribution < 1.29 is 5.11 Å². The van der Waals surface area contributed by atoms with Crippen molar-refractivity contribution in [2.45, 2.75) is 12.8 Å². The summed E-state index contributed by atoms with van der Waals surface area (Å²) >= 11 is 0. The molecule has 0 saturated heterocycles. The van der Waals surface area contributed by atoms with E-state index in [1.165, 1.54) is 6.07 Å². The Morgan fingerprint density at radius 2 is 2.14 bits per heavy atom. The van der Waals surface area contributed by atoms with Crippen LogP contribution in [0, 0.1) is 4.91 Å². The van der Waals surface area contributed by atoms with Gasteiger partial charge in [0.25, 0.3) is 0 Å². The third-order valence-electron chi connectivity index (χ3n) is 2.12. The SMILES string of the molecule is CC(CO)c1cc(N)cc(N=O)c1N. The molecular weight excluding hydrogens is 182 g/mol. The second-order valence-electron chi connectivity index (χ2n) is 3.22. The van der Waals surface area contributed by atoms with E-state index in [9.17, 15) is 4.91 Å². The van der Waals surface area contributed by atoms with E-state index in [-0.39, 0.29) is 23.9 Å². The molecule has 0 aliphatic rings. The van der Waals surface area contributed by atoms with E-state index >= 15 is 0 Å². The number of hydrogen-bond acceptors (Lipinski definition) is 5. The van der Waals surface area contributed by atoms with Crippen LogP contribution in [0.25, 0.3) is 0 Å². The van der Waals surface area contributed by atoms with Crippen LogP contribution in [0.3, 0.4) is 0 Å². The number of nitroso groups, excluding NO2 is 1. The van der Waals surface area contributed by atoms with Crippen LogP contribution in [-0.4, -0.2) is 11.7 Å². The summed E-state index contributed by atoms with van der Waals surface area (Å²) in [5.74, 6) is -0.154. The van der Waals surface area contributed by atoms with Crippen LogP contribution in [0.5, 0.6) is 0 Å². The summed E-state index contributed by atoms with van der Waals surface area (Å²) in [6.45, 7) is 1.74.